The van der Waals surface area contributed by atoms with Crippen LogP contribution in [0.5, 0.6) is 0 Å². The molecule has 0 fully saturated rings. The third kappa shape index (κ3) is 3.92. The number of hydrogen-bond acceptors (Lipinski definition) is 5. The Balaban J connectivity index is 0.0000001000. The first-order valence-electron chi connectivity index (χ1n) is 2.62. The Morgan fingerprint density at radius 3 is 2.20 bits per heavy atom. The maximum atomic E-state index is 3.49. The molecule has 0 radical (unpaired) electrons. The van der Waals surface area contributed by atoms with E-state index >= 15 is 0 Å². The van der Waals surface area contributed by atoms with E-state index in [0.717, 1.165) is 0 Å². The van der Waals surface area contributed by atoms with Crippen LogP contribution in [0.1, 0.15) is 0 Å². The van der Waals surface area contributed by atoms with Crippen LogP contribution in [0.3, 0.4) is 0 Å². The van der Waals surface area contributed by atoms with Gasteiger partial charge in [-0.25, -0.2) is 0 Å². The molecule has 0 bridgehead atoms. The summed E-state index contributed by atoms with van der Waals surface area (Å²) < 4.78 is 0. The van der Waals surface area contributed by atoms with E-state index in [1.54, 1.807) is 11.0 Å². The summed E-state index contributed by atoms with van der Waals surface area (Å²) in [5, 5.41) is 9.10. The average Bonchev–Trinajstić information content (AvgIpc) is 2.67. The molecule has 54 valence electrons. The molecule has 1 aliphatic rings. The van der Waals surface area contributed by atoms with Crippen LogP contribution in [0.15, 0.2) is 22.5 Å². The van der Waals surface area contributed by atoms with E-state index in [4.69, 9.17) is 0 Å². The average molecular weight is 190 g/mol. The Hall–Kier alpha value is -0.0000000000000000833. The molecule has 0 N–H and O–H groups in total. The summed E-state index contributed by atoms with van der Waals surface area (Å²) >= 11 is 1.49. The van der Waals surface area contributed by atoms with E-state index in [0.29, 0.717) is 0 Å². The highest BCUT2D eigenvalue weighted by molar-refractivity contribution is 8.78. The largest absolute Gasteiger partial charge is 0.147 e. The van der Waals surface area contributed by atoms with Crippen LogP contribution < -0.4 is 0 Å². The van der Waals surface area contributed by atoms with Crippen molar-refractivity contribution in [3.05, 3.63) is 22.5 Å². The second-order valence-electron chi connectivity index (χ2n) is 1.33. The zero-order valence-electron chi connectivity index (χ0n) is 5.14. The molecule has 0 saturated carbocycles. The fourth-order valence-electron chi connectivity index (χ4n) is 0.333. The molecule has 2 nitrogen and oxygen atoms in total. The van der Waals surface area contributed by atoms with Crippen molar-refractivity contribution in [2.24, 2.45) is 0 Å². The van der Waals surface area contributed by atoms with Crippen LogP contribution in [0.25, 0.3) is 0 Å². The minimum Gasteiger partial charge on any atom is -0.147 e. The number of rotatable bonds is 0. The molecule has 0 amide bonds. The molecule has 1 aliphatic heterocycles. The first kappa shape index (κ1) is 8.10. The van der Waals surface area contributed by atoms with Crippen molar-refractivity contribution in [3.63, 3.8) is 0 Å². The van der Waals surface area contributed by atoms with Crippen molar-refractivity contribution in [1.29, 1.82) is 0 Å². The summed E-state index contributed by atoms with van der Waals surface area (Å²) in [5.41, 5.74) is 3.36. The SMILES string of the molecule is C1=CSSC1.c1nncs1. The number of hydrogen-bond donors (Lipinski definition) is 0. The zero-order chi connectivity index (χ0) is 7.07. The third-order valence-corrected chi connectivity index (χ3v) is 3.02. The van der Waals surface area contributed by atoms with Crippen molar-refractivity contribution < 1.29 is 0 Å². The summed E-state index contributed by atoms with van der Waals surface area (Å²) in [7, 11) is 3.69. The number of aromatic nitrogens is 2. The highest BCUT2D eigenvalue weighted by atomic mass is 33.1. The van der Waals surface area contributed by atoms with Crippen LogP contribution in [-0.4, -0.2) is 16.0 Å². The second-order valence-corrected chi connectivity index (χ2v) is 4.34. The smallest absolute Gasteiger partial charge is 0.103 e. The van der Waals surface area contributed by atoms with Gasteiger partial charge in [-0.3, -0.25) is 0 Å². The molecule has 0 saturated heterocycles. The van der Waals surface area contributed by atoms with Crippen molar-refractivity contribution in [1.82, 2.24) is 10.2 Å². The van der Waals surface area contributed by atoms with Gasteiger partial charge in [0.15, 0.2) is 0 Å². The molecule has 0 spiro atoms. The van der Waals surface area contributed by atoms with Gasteiger partial charge in [-0.1, -0.05) is 27.7 Å². The van der Waals surface area contributed by atoms with Gasteiger partial charge in [-0.2, -0.15) is 0 Å². The van der Waals surface area contributed by atoms with Crippen LogP contribution in [0.4, 0.5) is 0 Å². The van der Waals surface area contributed by atoms with E-state index < -0.39 is 0 Å². The normalized spacial score (nSPS) is 14.4. The highest BCUT2D eigenvalue weighted by Crippen LogP contribution is 2.27. The Labute approximate surface area is 71.5 Å². The molecule has 10 heavy (non-hydrogen) atoms. The van der Waals surface area contributed by atoms with E-state index in [1.807, 2.05) is 21.6 Å². The third-order valence-electron chi connectivity index (χ3n) is 0.667. The van der Waals surface area contributed by atoms with Gasteiger partial charge in [-0.05, 0) is 5.41 Å². The number of nitrogens with zero attached hydrogens (tertiary/aromatic N) is 2. The van der Waals surface area contributed by atoms with Gasteiger partial charge < -0.3 is 0 Å². The summed E-state index contributed by atoms with van der Waals surface area (Å²) in [6.45, 7) is 0. The molecular weight excluding hydrogens is 184 g/mol. The Bertz CT molecular complexity index is 150. The van der Waals surface area contributed by atoms with Gasteiger partial charge in [0.2, 0.25) is 0 Å². The van der Waals surface area contributed by atoms with Crippen LogP contribution in [-0.2, 0) is 0 Å². The fraction of sp³-hybridized carbons (Fsp3) is 0.200. The minimum absolute atomic E-state index is 1.20. The van der Waals surface area contributed by atoms with Crippen LogP contribution in [0, 0.1) is 0 Å². The van der Waals surface area contributed by atoms with Crippen molar-refractivity contribution in [2.45, 2.75) is 0 Å². The Kier molecular flexibility index (Phi) is 4.67. The van der Waals surface area contributed by atoms with Gasteiger partial charge in [0.1, 0.15) is 11.0 Å². The van der Waals surface area contributed by atoms with E-state index in [1.165, 1.54) is 17.1 Å². The summed E-state index contributed by atoms with van der Waals surface area (Å²) in [6.07, 6.45) is 2.16. The molecule has 5 heteroatoms. The topological polar surface area (TPSA) is 25.8 Å². The molecule has 0 atom stereocenters. The van der Waals surface area contributed by atoms with Gasteiger partial charge in [0.05, 0.1) is 0 Å². The molecular formula is C5H6N2S3. The van der Waals surface area contributed by atoms with E-state index in [-0.39, 0.29) is 0 Å². The Morgan fingerprint density at radius 2 is 2.00 bits per heavy atom. The van der Waals surface area contributed by atoms with Crippen LogP contribution in [0.2, 0.25) is 0 Å². The lowest BCUT2D eigenvalue weighted by Crippen LogP contribution is -1.53. The first-order valence-corrected chi connectivity index (χ1v) is 5.95. The molecule has 2 rings (SSSR count). The zero-order valence-corrected chi connectivity index (χ0v) is 7.59. The standard InChI is InChI=1S/C3H4S2.C2H2N2S/c1-2-4-5-3-1;1-3-4-2-5-1/h1-2H,3H2;1-2H. The lowest BCUT2D eigenvalue weighted by atomic mass is 10.8. The molecule has 0 aliphatic carbocycles. The quantitative estimate of drug-likeness (QED) is 0.587. The van der Waals surface area contributed by atoms with Crippen molar-refractivity contribution in [3.8, 4) is 0 Å². The van der Waals surface area contributed by atoms with Gasteiger partial charge in [0, 0.05) is 5.75 Å². The maximum absolute atomic E-state index is 3.49. The lowest BCUT2D eigenvalue weighted by molar-refractivity contribution is 1.09. The first-order chi connectivity index (χ1) is 5.00. The van der Waals surface area contributed by atoms with Gasteiger partial charge >= 0.3 is 0 Å². The summed E-state index contributed by atoms with van der Waals surface area (Å²) in [6, 6.07) is 0. The van der Waals surface area contributed by atoms with E-state index in [2.05, 4.69) is 21.7 Å². The second kappa shape index (κ2) is 5.76. The summed E-state index contributed by atoms with van der Waals surface area (Å²) in [5.74, 6) is 1.20. The van der Waals surface area contributed by atoms with Gasteiger partial charge in [0.25, 0.3) is 0 Å². The monoisotopic (exact) mass is 190 g/mol. The molecule has 0 aromatic carbocycles. The Morgan fingerprint density at radius 1 is 1.20 bits per heavy atom. The summed E-state index contributed by atoms with van der Waals surface area (Å²) in [4.78, 5) is 0. The predicted molar refractivity (Wildman–Crippen MR) is 49.1 cm³/mol. The predicted octanol–water partition coefficient (Wildman–Crippen LogP) is 2.43. The fourth-order valence-corrected chi connectivity index (χ4v) is 2.18. The molecule has 1 aromatic rings. The molecule has 0 unspecified atom stereocenters. The van der Waals surface area contributed by atoms with E-state index in [9.17, 15) is 0 Å². The maximum Gasteiger partial charge on any atom is 0.103 e. The minimum atomic E-state index is 1.20. The van der Waals surface area contributed by atoms with Gasteiger partial charge in [-0.15, -0.1) is 21.5 Å². The molecule has 2 heterocycles. The van der Waals surface area contributed by atoms with Crippen LogP contribution >= 0.6 is 32.9 Å². The van der Waals surface area contributed by atoms with Crippen molar-refractivity contribution >= 4 is 32.9 Å². The van der Waals surface area contributed by atoms with Crippen molar-refractivity contribution in [2.75, 3.05) is 5.75 Å². The molecule has 1 aromatic heterocycles. The highest BCUT2D eigenvalue weighted by Gasteiger charge is 1.85. The lowest BCUT2D eigenvalue weighted by Gasteiger charge is -1.69.